The highest BCUT2D eigenvalue weighted by Crippen LogP contribution is 2.08. The van der Waals surface area contributed by atoms with Crippen molar-refractivity contribution >= 4 is 35.4 Å². The summed E-state index contributed by atoms with van der Waals surface area (Å²) in [5.41, 5.74) is 2.64. The van der Waals surface area contributed by atoms with Crippen LogP contribution in [0.25, 0.3) is 0 Å². The monoisotopic (exact) mass is 758 g/mol. The molecule has 5 aromatic heterocycles. The molecule has 5 atom stereocenters. The summed E-state index contributed by atoms with van der Waals surface area (Å²) < 4.78 is 0. The summed E-state index contributed by atoms with van der Waals surface area (Å²) in [5, 5.41) is 16.0. The fraction of sp³-hybridized carbons (Fsp3) is 0.364. The number of aromatic amines is 5. The molecule has 22 heteroatoms. The number of amides is 6. The Labute approximate surface area is 313 Å². The molecular weight excluding hydrogens is 716 g/mol. The first-order valence-electron chi connectivity index (χ1n) is 17.1. The van der Waals surface area contributed by atoms with Crippen molar-refractivity contribution in [1.29, 1.82) is 0 Å². The van der Waals surface area contributed by atoms with Crippen LogP contribution in [0.3, 0.4) is 0 Å². The van der Waals surface area contributed by atoms with Gasteiger partial charge in [-0.15, -0.1) is 0 Å². The van der Waals surface area contributed by atoms with Gasteiger partial charge < -0.3 is 56.8 Å². The second-order valence-corrected chi connectivity index (χ2v) is 12.5. The molecular formula is C33H42N16O6. The molecule has 11 N–H and O–H groups in total. The Balaban J connectivity index is 1.37. The molecule has 5 rings (SSSR count). The summed E-state index contributed by atoms with van der Waals surface area (Å²) in [7, 11) is 1.43. The van der Waals surface area contributed by atoms with E-state index < -0.39 is 65.7 Å². The topological polar surface area (TPSA) is 318 Å². The van der Waals surface area contributed by atoms with Crippen LogP contribution in [0.2, 0.25) is 0 Å². The number of hydrogen-bond donors (Lipinski definition) is 11. The zero-order valence-electron chi connectivity index (χ0n) is 29.9. The standard InChI is InChI=1S/C33H42N16O6/c1-18(50)45-25(4-20-9-36-14-41-20)30(52)47-27(6-22-11-38-16-43-22)32(54)49-28(7-23-12-39-17-44-23)33(55)48-26(5-21-10-37-15-42-21)31(53)46-24(29(51)34-2)3-19-8-35-13-40-19/h8-17,24-28H,3-7H2,1-2H3,(H,34,51)(H,35,40)(H,36,41)(H,37,42)(H,38,43)(H,39,44)(H,45,50)(H,46,53)(H,47,52)(H,48,55)(H,49,54)/t24-,25-,26-,27-,28-/m0/s1. The van der Waals surface area contributed by atoms with Crippen LogP contribution in [-0.4, -0.2) is 123 Å². The van der Waals surface area contributed by atoms with E-state index in [9.17, 15) is 28.8 Å². The summed E-state index contributed by atoms with van der Waals surface area (Å²) in [6, 6.07) is -5.91. The van der Waals surface area contributed by atoms with Crippen molar-refractivity contribution in [3.05, 3.63) is 91.1 Å². The summed E-state index contributed by atoms with van der Waals surface area (Å²) in [5.74, 6) is -3.81. The number of nitrogens with zero attached hydrogens (tertiary/aromatic N) is 5. The Kier molecular flexibility index (Phi) is 13.6. The number of H-pyrrole nitrogens is 5. The quantitative estimate of drug-likeness (QED) is 0.0380. The molecule has 0 bridgehead atoms. The first-order valence-corrected chi connectivity index (χ1v) is 17.1. The highest BCUT2D eigenvalue weighted by molar-refractivity contribution is 5.96. The third-order valence-corrected chi connectivity index (χ3v) is 8.37. The SMILES string of the molecule is CNC(=O)[C@H](Cc1cnc[nH]1)NC(=O)[C@H](Cc1cnc[nH]1)NC(=O)[C@H](Cc1cnc[nH]1)NC(=O)[C@H](Cc1cnc[nH]1)NC(=O)[C@H](Cc1cnc[nH]1)NC(C)=O. The Hall–Kier alpha value is -7.13. The van der Waals surface area contributed by atoms with Crippen LogP contribution in [0.15, 0.2) is 62.6 Å². The number of aromatic nitrogens is 10. The lowest BCUT2D eigenvalue weighted by molar-refractivity contribution is -0.135. The Morgan fingerprint density at radius 2 is 0.673 bits per heavy atom. The van der Waals surface area contributed by atoms with Gasteiger partial charge in [0.1, 0.15) is 30.2 Å². The molecule has 0 spiro atoms. The molecule has 0 fully saturated rings. The van der Waals surface area contributed by atoms with Gasteiger partial charge >= 0.3 is 0 Å². The average Bonchev–Trinajstić information content (AvgIpc) is 4.01. The van der Waals surface area contributed by atoms with Gasteiger partial charge in [-0.3, -0.25) is 28.8 Å². The molecule has 5 heterocycles. The van der Waals surface area contributed by atoms with E-state index >= 15 is 0 Å². The number of imidazole rings is 5. The lowest BCUT2D eigenvalue weighted by atomic mass is 10.0. The van der Waals surface area contributed by atoms with E-state index in [0.29, 0.717) is 28.5 Å². The molecule has 55 heavy (non-hydrogen) atoms. The smallest absolute Gasteiger partial charge is 0.243 e. The van der Waals surface area contributed by atoms with Crippen LogP contribution < -0.4 is 31.9 Å². The molecule has 0 unspecified atom stereocenters. The van der Waals surface area contributed by atoms with Crippen molar-refractivity contribution in [3.8, 4) is 0 Å². The Morgan fingerprint density at radius 1 is 0.436 bits per heavy atom. The molecule has 6 amide bonds. The van der Waals surface area contributed by atoms with E-state index in [1.54, 1.807) is 0 Å². The zero-order valence-corrected chi connectivity index (χ0v) is 29.9. The van der Waals surface area contributed by atoms with E-state index in [-0.39, 0.29) is 32.1 Å². The van der Waals surface area contributed by atoms with Crippen LogP contribution in [0.1, 0.15) is 35.4 Å². The molecule has 0 saturated carbocycles. The van der Waals surface area contributed by atoms with Crippen molar-refractivity contribution in [3.63, 3.8) is 0 Å². The second-order valence-electron chi connectivity index (χ2n) is 12.5. The highest BCUT2D eigenvalue weighted by Gasteiger charge is 2.33. The predicted octanol–water partition coefficient (Wildman–Crippen LogP) is -2.99. The molecule has 0 aliphatic rings. The van der Waals surface area contributed by atoms with Gasteiger partial charge in [0, 0.05) is 106 Å². The van der Waals surface area contributed by atoms with E-state index in [4.69, 9.17) is 0 Å². The molecule has 290 valence electrons. The van der Waals surface area contributed by atoms with Gasteiger partial charge in [-0.25, -0.2) is 24.9 Å². The van der Waals surface area contributed by atoms with Crippen LogP contribution in [0, 0.1) is 0 Å². The maximum absolute atomic E-state index is 14.1. The van der Waals surface area contributed by atoms with E-state index in [1.165, 1.54) is 76.6 Å². The minimum absolute atomic E-state index is 0.0494. The lowest BCUT2D eigenvalue weighted by Crippen LogP contribution is -2.60. The van der Waals surface area contributed by atoms with E-state index in [1.807, 2.05) is 0 Å². The van der Waals surface area contributed by atoms with Crippen LogP contribution in [0.4, 0.5) is 0 Å². The first kappa shape index (κ1) is 39.1. The number of carbonyl (C=O) groups is 6. The molecule has 0 aromatic carbocycles. The summed E-state index contributed by atoms with van der Waals surface area (Å²) in [6.45, 7) is 1.26. The number of rotatable bonds is 20. The minimum Gasteiger partial charge on any atom is -0.357 e. The van der Waals surface area contributed by atoms with Crippen LogP contribution >= 0.6 is 0 Å². The van der Waals surface area contributed by atoms with E-state index in [2.05, 4.69) is 81.7 Å². The third kappa shape index (κ3) is 11.7. The average molecular weight is 759 g/mol. The van der Waals surface area contributed by atoms with Gasteiger partial charge in [0.15, 0.2) is 0 Å². The molecule has 0 saturated heterocycles. The number of carbonyl (C=O) groups excluding carboxylic acids is 6. The highest BCUT2D eigenvalue weighted by atomic mass is 16.2. The minimum atomic E-state index is -1.30. The Morgan fingerprint density at radius 3 is 0.873 bits per heavy atom. The fourth-order valence-corrected chi connectivity index (χ4v) is 5.64. The summed E-state index contributed by atoms with van der Waals surface area (Å²) >= 11 is 0. The van der Waals surface area contributed by atoms with Gasteiger partial charge in [-0.05, 0) is 0 Å². The second kappa shape index (κ2) is 19.1. The van der Waals surface area contributed by atoms with Crippen molar-refractivity contribution in [2.45, 2.75) is 69.2 Å². The largest absolute Gasteiger partial charge is 0.357 e. The molecule has 22 nitrogen and oxygen atoms in total. The normalized spacial score (nSPS) is 13.7. The van der Waals surface area contributed by atoms with Gasteiger partial charge in [0.05, 0.1) is 31.6 Å². The van der Waals surface area contributed by atoms with Gasteiger partial charge in [-0.2, -0.15) is 0 Å². The van der Waals surface area contributed by atoms with Crippen LogP contribution in [0.5, 0.6) is 0 Å². The maximum Gasteiger partial charge on any atom is 0.243 e. The van der Waals surface area contributed by atoms with Crippen molar-refractivity contribution in [2.24, 2.45) is 0 Å². The maximum atomic E-state index is 14.1. The molecule has 5 aromatic rings. The number of hydrogen-bond acceptors (Lipinski definition) is 11. The molecule has 0 radical (unpaired) electrons. The summed E-state index contributed by atoms with van der Waals surface area (Å²) in [4.78, 5) is 115. The summed E-state index contributed by atoms with van der Waals surface area (Å²) in [6.07, 6.45) is 14.5. The van der Waals surface area contributed by atoms with Gasteiger partial charge in [-0.1, -0.05) is 0 Å². The van der Waals surface area contributed by atoms with Crippen molar-refractivity contribution < 1.29 is 28.8 Å². The third-order valence-electron chi connectivity index (χ3n) is 8.37. The lowest BCUT2D eigenvalue weighted by Gasteiger charge is -2.27. The fourth-order valence-electron chi connectivity index (χ4n) is 5.64. The molecule has 0 aliphatic carbocycles. The van der Waals surface area contributed by atoms with E-state index in [0.717, 1.165) is 0 Å². The van der Waals surface area contributed by atoms with Crippen molar-refractivity contribution in [2.75, 3.05) is 7.05 Å². The number of nitrogens with one attached hydrogen (secondary N) is 11. The van der Waals surface area contributed by atoms with Crippen molar-refractivity contribution in [1.82, 2.24) is 81.7 Å². The van der Waals surface area contributed by atoms with Gasteiger partial charge in [0.2, 0.25) is 35.4 Å². The zero-order chi connectivity index (χ0) is 39.2. The predicted molar refractivity (Wildman–Crippen MR) is 191 cm³/mol. The van der Waals surface area contributed by atoms with Crippen LogP contribution in [-0.2, 0) is 60.9 Å². The Bertz CT molecular complexity index is 1960. The molecule has 0 aliphatic heterocycles. The van der Waals surface area contributed by atoms with Gasteiger partial charge in [0.25, 0.3) is 0 Å². The number of likely N-dealkylation sites (N-methyl/N-ethyl adjacent to an activating group) is 1. The first-order chi connectivity index (χ1) is 26.6.